The zero-order valence-corrected chi connectivity index (χ0v) is 29.7. The maximum atomic E-state index is 6.63. The van der Waals surface area contributed by atoms with Gasteiger partial charge in [-0.2, -0.15) is 0 Å². The lowest BCUT2D eigenvalue weighted by atomic mass is 9.92. The molecule has 11 rings (SSSR count). The van der Waals surface area contributed by atoms with Crippen molar-refractivity contribution in [3.05, 3.63) is 201 Å². The van der Waals surface area contributed by atoms with Crippen molar-refractivity contribution in [1.29, 1.82) is 0 Å². The Kier molecular flexibility index (Phi) is 7.10. The largest absolute Gasteiger partial charge is 0.458 e. The van der Waals surface area contributed by atoms with Gasteiger partial charge in [0.2, 0.25) is 0 Å². The van der Waals surface area contributed by atoms with Gasteiger partial charge in [-0.3, -0.25) is 13.7 Å². The molecule has 7 aromatic carbocycles. The molecule has 8 bridgehead atoms. The number of aromatic nitrogens is 4. The summed E-state index contributed by atoms with van der Waals surface area (Å²) in [6.07, 6.45) is 7.76. The van der Waals surface area contributed by atoms with Crippen LogP contribution in [0.1, 0.15) is 0 Å². The minimum atomic E-state index is 0.736. The Balaban J connectivity index is 1.21. The molecule has 5 heteroatoms. The van der Waals surface area contributed by atoms with E-state index < -0.39 is 0 Å². The summed E-state index contributed by atoms with van der Waals surface area (Å²) in [4.78, 5) is 5.45. The molecule has 258 valence electrons. The Bertz CT molecular complexity index is 3070. The Morgan fingerprint density at radius 3 is 2.09 bits per heavy atom. The van der Waals surface area contributed by atoms with Crippen LogP contribution in [-0.2, 0) is 0 Å². The van der Waals surface area contributed by atoms with Crippen LogP contribution in [0.15, 0.2) is 194 Å². The number of rotatable bonds is 2. The van der Waals surface area contributed by atoms with Crippen LogP contribution in [-0.4, -0.2) is 14.1 Å². The summed E-state index contributed by atoms with van der Waals surface area (Å²) in [5.74, 6) is 2.31. The number of nitrogens with zero attached hydrogens (tertiary/aromatic N) is 4. The molecule has 1 aliphatic heterocycles. The lowest BCUT2D eigenvalue weighted by molar-refractivity contribution is -0.598. The molecule has 0 unspecified atom stereocenters. The number of hydrogen-bond donors (Lipinski definition) is 0. The fourth-order valence-electron chi connectivity index (χ4n) is 8.05. The third-order valence-electron chi connectivity index (χ3n) is 10.6. The van der Waals surface area contributed by atoms with Gasteiger partial charge < -0.3 is 4.74 Å². The Labute approximate surface area is 318 Å². The van der Waals surface area contributed by atoms with E-state index in [9.17, 15) is 0 Å². The molecule has 4 heterocycles. The molecule has 1 aliphatic rings. The van der Waals surface area contributed by atoms with E-state index in [4.69, 9.17) is 9.72 Å². The number of hydrogen-bond acceptors (Lipinski definition) is 2. The van der Waals surface area contributed by atoms with Crippen LogP contribution in [0.25, 0.3) is 83.6 Å². The van der Waals surface area contributed by atoms with Crippen molar-refractivity contribution in [3.63, 3.8) is 0 Å². The molecule has 0 aliphatic carbocycles. The Hall–Kier alpha value is -7.50. The maximum Gasteiger partial charge on any atom is 0.268 e. The van der Waals surface area contributed by atoms with E-state index in [0.29, 0.717) is 0 Å². The Morgan fingerprint density at radius 2 is 1.22 bits per heavy atom. The molecule has 0 spiro atoms. The average Bonchev–Trinajstić information content (AvgIpc) is 3.87. The van der Waals surface area contributed by atoms with Crippen LogP contribution in [0.3, 0.4) is 0 Å². The SMILES string of the molecule is [c-]1n2cc[n+]1-c1c(-c3ccccc3)cccc1-c1ccccc1-c1cccc(n1)-n1c3ccc(-c4ccccc4)cc3c3ccc(cc31)Oc1cccc-2c1. The topological polar surface area (TPSA) is 35.9 Å². The lowest BCUT2D eigenvalue weighted by Crippen LogP contribution is -2.30. The predicted octanol–water partition coefficient (Wildman–Crippen LogP) is 11.8. The maximum absolute atomic E-state index is 6.63. The highest BCUT2D eigenvalue weighted by atomic mass is 16.5. The number of imidazole rings is 1. The summed E-state index contributed by atoms with van der Waals surface area (Å²) in [5.41, 5.74) is 12.7. The monoisotopic (exact) mass is 704 g/mol. The van der Waals surface area contributed by atoms with Crippen LogP contribution < -0.4 is 9.30 Å². The first-order chi connectivity index (χ1) is 27.2. The minimum absolute atomic E-state index is 0.736. The molecule has 0 saturated carbocycles. The van der Waals surface area contributed by atoms with Crippen molar-refractivity contribution in [1.82, 2.24) is 14.1 Å². The van der Waals surface area contributed by atoms with Crippen molar-refractivity contribution < 1.29 is 9.30 Å². The fraction of sp³-hybridized carbons (Fsp3) is 0. The van der Waals surface area contributed by atoms with Gasteiger partial charge in [0, 0.05) is 34.8 Å². The molecular weight excluding hydrogens is 673 g/mol. The number of fused-ring (bicyclic) bond motifs is 17. The van der Waals surface area contributed by atoms with Gasteiger partial charge in [0.25, 0.3) is 6.33 Å². The molecule has 0 N–H and O–H groups in total. The average molecular weight is 705 g/mol. The molecule has 0 saturated heterocycles. The smallest absolute Gasteiger partial charge is 0.268 e. The minimum Gasteiger partial charge on any atom is -0.458 e. The molecule has 55 heavy (non-hydrogen) atoms. The standard InChI is InChI=1S/C50H32N4O/c1-3-12-34(13-4-1)36-24-27-47-45(30-36)43-26-25-39-32-48(43)54(47)49-23-11-22-46(51-49)42-19-8-7-18-41(42)44-21-10-20-40(35-14-5-2-6-15-35)50(44)53-29-28-52(33-53)37-16-9-17-38(31-37)55-39/h1-32H. The highest BCUT2D eigenvalue weighted by molar-refractivity contribution is 6.10. The van der Waals surface area contributed by atoms with Crippen LogP contribution in [0, 0.1) is 6.33 Å². The first-order valence-electron chi connectivity index (χ1n) is 18.5. The van der Waals surface area contributed by atoms with Crippen LogP contribution >= 0.6 is 0 Å². The molecule has 0 atom stereocenters. The van der Waals surface area contributed by atoms with Gasteiger partial charge in [0.05, 0.1) is 28.1 Å². The second-order valence-corrected chi connectivity index (χ2v) is 13.8. The zero-order valence-electron chi connectivity index (χ0n) is 29.7. The van der Waals surface area contributed by atoms with Gasteiger partial charge in [0.15, 0.2) is 0 Å². The van der Waals surface area contributed by atoms with Crippen molar-refractivity contribution in [2.24, 2.45) is 0 Å². The molecular formula is C50H32N4O. The first kappa shape index (κ1) is 31.1. The molecule has 10 aromatic rings. The van der Waals surface area contributed by atoms with Crippen LogP contribution in [0.4, 0.5) is 0 Å². The fourth-order valence-corrected chi connectivity index (χ4v) is 8.05. The normalized spacial score (nSPS) is 11.8. The van der Waals surface area contributed by atoms with Gasteiger partial charge in [-0.15, -0.1) is 0 Å². The summed E-state index contributed by atoms with van der Waals surface area (Å²) < 4.78 is 13.0. The highest BCUT2D eigenvalue weighted by Gasteiger charge is 2.21. The third-order valence-corrected chi connectivity index (χ3v) is 10.6. The summed E-state index contributed by atoms with van der Waals surface area (Å²) in [6, 6.07) is 63.8. The van der Waals surface area contributed by atoms with Crippen molar-refractivity contribution >= 4 is 21.8 Å². The third kappa shape index (κ3) is 5.24. The van der Waals surface area contributed by atoms with E-state index >= 15 is 0 Å². The van der Waals surface area contributed by atoms with Gasteiger partial charge in [0.1, 0.15) is 17.3 Å². The van der Waals surface area contributed by atoms with E-state index in [1.807, 2.05) is 22.9 Å². The summed E-state index contributed by atoms with van der Waals surface area (Å²) in [6.45, 7) is 0. The number of ether oxygens (including phenoxy) is 1. The van der Waals surface area contributed by atoms with Gasteiger partial charge in [-0.25, -0.2) is 4.98 Å². The van der Waals surface area contributed by atoms with Crippen molar-refractivity contribution in [3.8, 4) is 73.3 Å². The van der Waals surface area contributed by atoms with Crippen molar-refractivity contribution in [2.75, 3.05) is 0 Å². The van der Waals surface area contributed by atoms with E-state index in [-0.39, 0.29) is 0 Å². The van der Waals surface area contributed by atoms with E-state index in [0.717, 1.165) is 84.0 Å². The molecule has 5 nitrogen and oxygen atoms in total. The van der Waals surface area contributed by atoms with E-state index in [2.05, 4.69) is 192 Å². The van der Waals surface area contributed by atoms with Crippen LogP contribution in [0.5, 0.6) is 11.5 Å². The highest BCUT2D eigenvalue weighted by Crippen LogP contribution is 2.40. The number of para-hydroxylation sites is 1. The second-order valence-electron chi connectivity index (χ2n) is 13.8. The van der Waals surface area contributed by atoms with Crippen LogP contribution in [0.2, 0.25) is 0 Å². The lowest BCUT2D eigenvalue weighted by Gasteiger charge is -2.19. The number of benzene rings is 7. The Morgan fingerprint density at radius 1 is 0.491 bits per heavy atom. The molecule has 3 aromatic heterocycles. The van der Waals surface area contributed by atoms with Gasteiger partial charge in [-0.05, 0) is 88.0 Å². The van der Waals surface area contributed by atoms with E-state index in [1.54, 1.807) is 0 Å². The molecule has 0 radical (unpaired) electrons. The predicted molar refractivity (Wildman–Crippen MR) is 220 cm³/mol. The molecule has 0 fully saturated rings. The quantitative estimate of drug-likeness (QED) is 0.133. The van der Waals surface area contributed by atoms with Gasteiger partial charge >= 0.3 is 0 Å². The van der Waals surface area contributed by atoms with E-state index in [1.165, 1.54) is 11.1 Å². The number of pyridine rings is 1. The van der Waals surface area contributed by atoms with Gasteiger partial charge in [-0.1, -0.05) is 121 Å². The summed E-state index contributed by atoms with van der Waals surface area (Å²) in [5, 5.41) is 2.28. The van der Waals surface area contributed by atoms with Crippen molar-refractivity contribution in [2.45, 2.75) is 0 Å². The summed E-state index contributed by atoms with van der Waals surface area (Å²) in [7, 11) is 0. The first-order valence-corrected chi connectivity index (χ1v) is 18.5. The second kappa shape index (κ2) is 12.6. The molecule has 0 amide bonds. The summed E-state index contributed by atoms with van der Waals surface area (Å²) >= 11 is 0. The zero-order chi connectivity index (χ0) is 36.3.